The summed E-state index contributed by atoms with van der Waals surface area (Å²) >= 11 is 0. The van der Waals surface area contributed by atoms with E-state index in [1.165, 1.54) is 51.7 Å². The Bertz CT molecular complexity index is 227. The highest BCUT2D eigenvalue weighted by molar-refractivity contribution is 4.84. The molecule has 0 aliphatic carbocycles. The summed E-state index contributed by atoms with van der Waals surface area (Å²) in [5.74, 6) is 1.85. The van der Waals surface area contributed by atoms with Crippen LogP contribution in [-0.4, -0.2) is 36.6 Å². The van der Waals surface area contributed by atoms with Gasteiger partial charge in [-0.3, -0.25) is 0 Å². The molecule has 17 heavy (non-hydrogen) atoms. The van der Waals surface area contributed by atoms with Gasteiger partial charge in [-0.1, -0.05) is 13.8 Å². The molecule has 1 N–H and O–H groups in total. The van der Waals surface area contributed by atoms with E-state index in [4.69, 9.17) is 0 Å². The minimum absolute atomic E-state index is 0.720. The van der Waals surface area contributed by atoms with Crippen LogP contribution in [0, 0.1) is 11.8 Å². The second-order valence-electron chi connectivity index (χ2n) is 6.50. The van der Waals surface area contributed by atoms with Crippen LogP contribution in [0.25, 0.3) is 0 Å². The van der Waals surface area contributed by atoms with Gasteiger partial charge in [-0.25, -0.2) is 0 Å². The predicted octanol–water partition coefficient (Wildman–Crippen LogP) is 2.89. The molecule has 100 valence electrons. The summed E-state index contributed by atoms with van der Waals surface area (Å²) in [5, 5.41) is 3.57. The zero-order chi connectivity index (χ0) is 12.3. The third-order valence-electron chi connectivity index (χ3n) is 4.86. The summed E-state index contributed by atoms with van der Waals surface area (Å²) < 4.78 is 0. The monoisotopic (exact) mass is 238 g/mol. The normalized spacial score (nSPS) is 37.1. The topological polar surface area (TPSA) is 15.3 Å². The fourth-order valence-electron chi connectivity index (χ4n) is 3.61. The summed E-state index contributed by atoms with van der Waals surface area (Å²) in [5.41, 5.74) is 0. The van der Waals surface area contributed by atoms with Gasteiger partial charge in [0.05, 0.1) is 0 Å². The number of rotatable bonds is 2. The minimum Gasteiger partial charge on any atom is -0.314 e. The Hall–Kier alpha value is -0.0800. The molecule has 0 saturated carbocycles. The lowest BCUT2D eigenvalue weighted by molar-refractivity contribution is 0.149. The maximum Gasteiger partial charge on any atom is 0.0122 e. The third kappa shape index (κ3) is 3.69. The van der Waals surface area contributed by atoms with Crippen LogP contribution in [0.1, 0.15) is 52.9 Å². The average molecular weight is 238 g/mol. The van der Waals surface area contributed by atoms with Crippen molar-refractivity contribution in [3.8, 4) is 0 Å². The van der Waals surface area contributed by atoms with Crippen molar-refractivity contribution in [3.05, 3.63) is 0 Å². The Morgan fingerprint density at radius 3 is 2.65 bits per heavy atom. The van der Waals surface area contributed by atoms with Gasteiger partial charge in [0.1, 0.15) is 0 Å². The first-order chi connectivity index (χ1) is 8.16. The van der Waals surface area contributed by atoms with Crippen molar-refractivity contribution in [2.45, 2.75) is 65.0 Å². The van der Waals surface area contributed by atoms with Gasteiger partial charge < -0.3 is 10.2 Å². The molecule has 3 unspecified atom stereocenters. The van der Waals surface area contributed by atoms with E-state index >= 15 is 0 Å². The smallest absolute Gasteiger partial charge is 0.0122 e. The van der Waals surface area contributed by atoms with Crippen LogP contribution < -0.4 is 5.32 Å². The molecule has 0 aromatic rings. The van der Waals surface area contributed by atoms with Crippen LogP contribution in [-0.2, 0) is 0 Å². The van der Waals surface area contributed by atoms with Gasteiger partial charge >= 0.3 is 0 Å². The van der Waals surface area contributed by atoms with Crippen LogP contribution in [0.15, 0.2) is 0 Å². The van der Waals surface area contributed by atoms with Gasteiger partial charge in [-0.2, -0.15) is 0 Å². The van der Waals surface area contributed by atoms with E-state index in [2.05, 4.69) is 31.0 Å². The molecule has 2 rings (SSSR count). The maximum absolute atomic E-state index is 3.57. The molecule has 0 aromatic heterocycles. The van der Waals surface area contributed by atoms with Crippen LogP contribution in [0.3, 0.4) is 0 Å². The predicted molar refractivity (Wildman–Crippen MR) is 74.2 cm³/mol. The van der Waals surface area contributed by atoms with Gasteiger partial charge in [0.2, 0.25) is 0 Å². The van der Waals surface area contributed by atoms with Crippen molar-refractivity contribution >= 4 is 0 Å². The van der Waals surface area contributed by atoms with E-state index in [1.54, 1.807) is 0 Å². The first-order valence-corrected chi connectivity index (χ1v) is 7.64. The summed E-state index contributed by atoms with van der Waals surface area (Å²) in [4.78, 5) is 2.79. The van der Waals surface area contributed by atoms with Gasteiger partial charge in [0.25, 0.3) is 0 Å². The molecule has 0 spiro atoms. The number of nitrogens with one attached hydrogen (secondary N) is 1. The quantitative estimate of drug-likeness (QED) is 0.796. The second-order valence-corrected chi connectivity index (χ2v) is 6.50. The van der Waals surface area contributed by atoms with E-state index in [-0.39, 0.29) is 0 Å². The molecule has 2 aliphatic rings. The number of likely N-dealkylation sites (tertiary alicyclic amines) is 1. The largest absolute Gasteiger partial charge is 0.314 e. The van der Waals surface area contributed by atoms with E-state index in [0.29, 0.717) is 0 Å². The van der Waals surface area contributed by atoms with Gasteiger partial charge in [0, 0.05) is 12.1 Å². The standard InChI is InChI=1S/C15H30N2/c1-12(2)14-5-4-9-17(10-7-14)15-6-8-16-13(3)11-15/h12-16H,4-11H2,1-3H3. The van der Waals surface area contributed by atoms with Crippen molar-refractivity contribution in [3.63, 3.8) is 0 Å². The number of hydrogen-bond donors (Lipinski definition) is 1. The molecule has 2 heteroatoms. The van der Waals surface area contributed by atoms with E-state index < -0.39 is 0 Å². The second kappa shape index (κ2) is 6.19. The Morgan fingerprint density at radius 2 is 1.94 bits per heavy atom. The van der Waals surface area contributed by atoms with Crippen molar-refractivity contribution in [2.75, 3.05) is 19.6 Å². The molecule has 0 radical (unpaired) electrons. The van der Waals surface area contributed by atoms with Gasteiger partial charge in [-0.15, -0.1) is 0 Å². The Labute approximate surface area is 107 Å². The van der Waals surface area contributed by atoms with Crippen LogP contribution in [0.4, 0.5) is 0 Å². The molecule has 2 nitrogen and oxygen atoms in total. The maximum atomic E-state index is 3.57. The first kappa shape index (κ1) is 13.4. The summed E-state index contributed by atoms with van der Waals surface area (Å²) in [6, 6.07) is 1.58. The molecule has 3 atom stereocenters. The molecule has 2 saturated heterocycles. The van der Waals surface area contributed by atoms with Gasteiger partial charge in [-0.05, 0) is 70.5 Å². The van der Waals surface area contributed by atoms with Crippen molar-refractivity contribution < 1.29 is 0 Å². The average Bonchev–Trinajstić information content (AvgIpc) is 2.54. The first-order valence-electron chi connectivity index (χ1n) is 7.64. The fourth-order valence-corrected chi connectivity index (χ4v) is 3.61. The van der Waals surface area contributed by atoms with Crippen LogP contribution in [0.5, 0.6) is 0 Å². The summed E-state index contributed by atoms with van der Waals surface area (Å²) in [7, 11) is 0. The SMILES string of the molecule is CC1CC(N2CCCC(C(C)C)CC2)CCN1. The fraction of sp³-hybridized carbons (Fsp3) is 1.00. The lowest BCUT2D eigenvalue weighted by Gasteiger charge is -2.36. The molecule has 2 fully saturated rings. The van der Waals surface area contributed by atoms with Crippen molar-refractivity contribution in [1.82, 2.24) is 10.2 Å². The Kier molecular flexibility index (Phi) is 4.87. The van der Waals surface area contributed by atoms with Gasteiger partial charge in [0.15, 0.2) is 0 Å². The van der Waals surface area contributed by atoms with Crippen molar-refractivity contribution in [1.29, 1.82) is 0 Å². The Morgan fingerprint density at radius 1 is 1.12 bits per heavy atom. The highest BCUT2D eigenvalue weighted by Crippen LogP contribution is 2.27. The highest BCUT2D eigenvalue weighted by Gasteiger charge is 2.27. The zero-order valence-electron chi connectivity index (χ0n) is 11.9. The molecule has 0 bridgehead atoms. The van der Waals surface area contributed by atoms with Crippen LogP contribution >= 0.6 is 0 Å². The minimum atomic E-state index is 0.720. The number of hydrogen-bond acceptors (Lipinski definition) is 2. The molecular weight excluding hydrogens is 208 g/mol. The highest BCUT2D eigenvalue weighted by atomic mass is 15.2. The zero-order valence-corrected chi connectivity index (χ0v) is 11.9. The molecule has 0 amide bonds. The summed E-state index contributed by atoms with van der Waals surface area (Å²) in [6.45, 7) is 11.0. The number of nitrogens with zero attached hydrogens (tertiary/aromatic N) is 1. The van der Waals surface area contributed by atoms with E-state index in [1.807, 2.05) is 0 Å². The number of piperidine rings is 1. The third-order valence-corrected chi connectivity index (χ3v) is 4.86. The Balaban J connectivity index is 1.85. The van der Waals surface area contributed by atoms with Crippen LogP contribution in [0.2, 0.25) is 0 Å². The lowest BCUT2D eigenvalue weighted by Crippen LogP contribution is -2.47. The molecular formula is C15H30N2. The molecule has 2 aliphatic heterocycles. The summed E-state index contributed by atoms with van der Waals surface area (Å²) in [6.07, 6.45) is 7.01. The van der Waals surface area contributed by atoms with Crippen molar-refractivity contribution in [2.24, 2.45) is 11.8 Å². The lowest BCUT2D eigenvalue weighted by atomic mass is 9.89. The molecule has 0 aromatic carbocycles. The molecule has 2 heterocycles. The van der Waals surface area contributed by atoms with E-state index in [9.17, 15) is 0 Å². The van der Waals surface area contributed by atoms with E-state index in [0.717, 1.165) is 23.9 Å².